The van der Waals surface area contributed by atoms with E-state index in [4.69, 9.17) is 9.47 Å². The molecule has 2 atom stereocenters. The maximum Gasteiger partial charge on any atom is 0.127 e. The van der Waals surface area contributed by atoms with Crippen molar-refractivity contribution in [1.29, 1.82) is 0 Å². The van der Waals surface area contributed by atoms with Crippen molar-refractivity contribution in [2.45, 2.75) is 52.1 Å². The Morgan fingerprint density at radius 3 is 2.70 bits per heavy atom. The summed E-state index contributed by atoms with van der Waals surface area (Å²) in [6.07, 6.45) is 4.79. The standard InChI is InChI=1S/C18H24O2/c1-11-6-7-14-13(8-11)17-15(19-5)9-12(2)10-16(17)20-18(14,3)4/h8-10,13-14H,6-7H2,1-5H3. The molecule has 0 radical (unpaired) electrons. The van der Waals surface area contributed by atoms with Gasteiger partial charge in [0.1, 0.15) is 17.1 Å². The summed E-state index contributed by atoms with van der Waals surface area (Å²) in [6.45, 7) is 8.76. The number of ether oxygens (including phenoxy) is 2. The molecule has 0 amide bonds. The van der Waals surface area contributed by atoms with Gasteiger partial charge in [-0.15, -0.1) is 0 Å². The van der Waals surface area contributed by atoms with E-state index in [0.717, 1.165) is 11.5 Å². The van der Waals surface area contributed by atoms with Gasteiger partial charge in [-0.25, -0.2) is 0 Å². The summed E-state index contributed by atoms with van der Waals surface area (Å²) >= 11 is 0. The molecular weight excluding hydrogens is 248 g/mol. The van der Waals surface area contributed by atoms with Crippen molar-refractivity contribution >= 4 is 0 Å². The first-order valence-corrected chi connectivity index (χ1v) is 7.47. The van der Waals surface area contributed by atoms with Gasteiger partial charge in [0, 0.05) is 17.4 Å². The highest BCUT2D eigenvalue weighted by atomic mass is 16.5. The highest BCUT2D eigenvalue weighted by molar-refractivity contribution is 5.54. The van der Waals surface area contributed by atoms with Gasteiger partial charge in [0.2, 0.25) is 0 Å². The number of aryl methyl sites for hydroxylation is 1. The van der Waals surface area contributed by atoms with Crippen LogP contribution in [0.3, 0.4) is 0 Å². The van der Waals surface area contributed by atoms with Crippen molar-refractivity contribution in [1.82, 2.24) is 0 Å². The first-order valence-electron chi connectivity index (χ1n) is 7.47. The smallest absolute Gasteiger partial charge is 0.127 e. The molecule has 0 spiro atoms. The fourth-order valence-electron chi connectivity index (χ4n) is 3.81. The molecule has 2 nitrogen and oxygen atoms in total. The van der Waals surface area contributed by atoms with Crippen molar-refractivity contribution in [3.05, 3.63) is 34.9 Å². The Morgan fingerprint density at radius 1 is 1.25 bits per heavy atom. The molecule has 0 saturated carbocycles. The fraction of sp³-hybridized carbons (Fsp3) is 0.556. The third-order valence-electron chi connectivity index (χ3n) is 4.81. The van der Waals surface area contributed by atoms with Crippen molar-refractivity contribution < 1.29 is 9.47 Å². The predicted octanol–water partition coefficient (Wildman–Crippen LogP) is 4.61. The van der Waals surface area contributed by atoms with E-state index in [0.29, 0.717) is 11.8 Å². The summed E-state index contributed by atoms with van der Waals surface area (Å²) in [5.41, 5.74) is 3.79. The Balaban J connectivity index is 2.21. The predicted molar refractivity (Wildman–Crippen MR) is 81.7 cm³/mol. The topological polar surface area (TPSA) is 18.5 Å². The van der Waals surface area contributed by atoms with Crippen molar-refractivity contribution in [3.63, 3.8) is 0 Å². The maximum atomic E-state index is 6.34. The number of rotatable bonds is 1. The Morgan fingerprint density at radius 2 is 2.00 bits per heavy atom. The van der Waals surface area contributed by atoms with Crippen LogP contribution in [0.15, 0.2) is 23.8 Å². The molecule has 1 aromatic rings. The Kier molecular flexibility index (Phi) is 3.07. The van der Waals surface area contributed by atoms with E-state index in [9.17, 15) is 0 Å². The molecule has 3 rings (SSSR count). The van der Waals surface area contributed by atoms with Crippen LogP contribution in [0.25, 0.3) is 0 Å². The number of fused-ring (bicyclic) bond motifs is 3. The third kappa shape index (κ3) is 2.02. The number of methoxy groups -OCH3 is 1. The number of benzene rings is 1. The Bertz CT molecular complexity index is 569. The zero-order chi connectivity index (χ0) is 14.5. The van der Waals surface area contributed by atoms with Crippen LogP contribution in [0, 0.1) is 12.8 Å². The van der Waals surface area contributed by atoms with Gasteiger partial charge in [0.25, 0.3) is 0 Å². The van der Waals surface area contributed by atoms with Crippen LogP contribution in [0.4, 0.5) is 0 Å². The van der Waals surface area contributed by atoms with Crippen LogP contribution in [0.2, 0.25) is 0 Å². The summed E-state index contributed by atoms with van der Waals surface area (Å²) in [7, 11) is 1.75. The minimum absolute atomic E-state index is 0.117. The summed E-state index contributed by atoms with van der Waals surface area (Å²) in [5, 5.41) is 0. The Labute approximate surface area is 121 Å². The lowest BCUT2D eigenvalue weighted by molar-refractivity contribution is 0.0107. The van der Waals surface area contributed by atoms with Gasteiger partial charge in [-0.3, -0.25) is 0 Å². The van der Waals surface area contributed by atoms with Crippen LogP contribution < -0.4 is 9.47 Å². The monoisotopic (exact) mass is 272 g/mol. The zero-order valence-corrected chi connectivity index (χ0v) is 13.1. The molecular formula is C18H24O2. The lowest BCUT2D eigenvalue weighted by Gasteiger charge is -2.46. The van der Waals surface area contributed by atoms with E-state index in [-0.39, 0.29) is 5.60 Å². The molecule has 108 valence electrons. The van der Waals surface area contributed by atoms with Gasteiger partial charge in [-0.1, -0.05) is 11.6 Å². The minimum atomic E-state index is -0.117. The first kappa shape index (κ1) is 13.5. The second kappa shape index (κ2) is 4.54. The van der Waals surface area contributed by atoms with Crippen LogP contribution >= 0.6 is 0 Å². The average molecular weight is 272 g/mol. The van der Waals surface area contributed by atoms with Gasteiger partial charge in [0.05, 0.1) is 7.11 Å². The Hall–Kier alpha value is -1.44. The van der Waals surface area contributed by atoms with Crippen molar-refractivity contribution in [3.8, 4) is 11.5 Å². The molecule has 1 aliphatic heterocycles. The van der Waals surface area contributed by atoms with Gasteiger partial charge in [-0.05, 0) is 58.2 Å². The molecule has 0 N–H and O–H groups in total. The molecule has 0 fully saturated rings. The van der Waals surface area contributed by atoms with Crippen LogP contribution in [0.5, 0.6) is 11.5 Å². The van der Waals surface area contributed by atoms with Crippen molar-refractivity contribution in [2.75, 3.05) is 7.11 Å². The second-order valence-corrected chi connectivity index (χ2v) is 6.77. The quantitative estimate of drug-likeness (QED) is 0.695. The zero-order valence-electron chi connectivity index (χ0n) is 13.1. The van der Waals surface area contributed by atoms with Gasteiger partial charge < -0.3 is 9.47 Å². The van der Waals surface area contributed by atoms with E-state index in [1.807, 2.05) is 0 Å². The normalized spacial score (nSPS) is 26.9. The number of hydrogen-bond donors (Lipinski definition) is 0. The number of allylic oxidation sites excluding steroid dienone is 2. The molecule has 1 aliphatic carbocycles. The van der Waals surface area contributed by atoms with Gasteiger partial charge in [-0.2, -0.15) is 0 Å². The molecule has 2 unspecified atom stereocenters. The molecule has 1 heterocycles. The van der Waals surface area contributed by atoms with E-state index < -0.39 is 0 Å². The lowest BCUT2D eigenvalue weighted by atomic mass is 9.68. The third-order valence-corrected chi connectivity index (χ3v) is 4.81. The van der Waals surface area contributed by atoms with Crippen LogP contribution in [-0.2, 0) is 0 Å². The molecule has 0 saturated heterocycles. The maximum absolute atomic E-state index is 6.34. The molecule has 2 heteroatoms. The van der Waals surface area contributed by atoms with E-state index in [1.54, 1.807) is 7.11 Å². The molecule has 20 heavy (non-hydrogen) atoms. The second-order valence-electron chi connectivity index (χ2n) is 6.77. The van der Waals surface area contributed by atoms with Gasteiger partial charge in [0.15, 0.2) is 0 Å². The number of hydrogen-bond acceptors (Lipinski definition) is 2. The first-order chi connectivity index (χ1) is 9.42. The van der Waals surface area contributed by atoms with Gasteiger partial charge >= 0.3 is 0 Å². The van der Waals surface area contributed by atoms with Crippen LogP contribution in [-0.4, -0.2) is 12.7 Å². The highest BCUT2D eigenvalue weighted by Gasteiger charge is 2.45. The summed E-state index contributed by atoms with van der Waals surface area (Å²) in [5.74, 6) is 2.91. The highest BCUT2D eigenvalue weighted by Crippen LogP contribution is 2.53. The molecule has 0 bridgehead atoms. The summed E-state index contributed by atoms with van der Waals surface area (Å²) < 4.78 is 12.0. The molecule has 2 aliphatic rings. The van der Waals surface area contributed by atoms with Crippen LogP contribution in [0.1, 0.15) is 50.7 Å². The molecule has 0 aromatic heterocycles. The fourth-order valence-corrected chi connectivity index (χ4v) is 3.81. The van der Waals surface area contributed by atoms with E-state index in [2.05, 4.69) is 45.9 Å². The summed E-state index contributed by atoms with van der Waals surface area (Å²) in [4.78, 5) is 0. The van der Waals surface area contributed by atoms with E-state index in [1.165, 1.54) is 29.5 Å². The summed E-state index contributed by atoms with van der Waals surface area (Å²) in [6, 6.07) is 4.27. The largest absolute Gasteiger partial charge is 0.496 e. The molecule has 1 aromatic carbocycles. The van der Waals surface area contributed by atoms with E-state index >= 15 is 0 Å². The lowest BCUT2D eigenvalue weighted by Crippen LogP contribution is -2.45. The SMILES string of the molecule is COc1cc(C)cc2c1C1C=C(C)CCC1C(C)(C)O2. The van der Waals surface area contributed by atoms with Crippen molar-refractivity contribution in [2.24, 2.45) is 5.92 Å². The minimum Gasteiger partial charge on any atom is -0.496 e. The average Bonchev–Trinajstić information content (AvgIpc) is 2.36.